The predicted octanol–water partition coefficient (Wildman–Crippen LogP) is 5.77. The predicted molar refractivity (Wildman–Crippen MR) is 161 cm³/mol. The Morgan fingerprint density at radius 2 is 1.85 bits per heavy atom. The second kappa shape index (κ2) is 11.0. The molecule has 0 atom stereocenters. The molecule has 0 amide bonds. The first kappa shape index (κ1) is 26.5. The number of nitrogens with zero attached hydrogens (tertiary/aromatic N) is 1. The molecule has 2 aromatic carbocycles. The number of anilines is 2. The minimum Gasteiger partial charge on any atom is -0.495 e. The van der Waals surface area contributed by atoms with Crippen LogP contribution in [0.4, 0.5) is 11.4 Å². The zero-order valence-corrected chi connectivity index (χ0v) is 24.4. The van der Waals surface area contributed by atoms with E-state index in [0.29, 0.717) is 18.3 Å². The molecular weight excluding hydrogens is 526 g/mol. The van der Waals surface area contributed by atoms with E-state index in [2.05, 4.69) is 45.6 Å². The molecule has 2 aliphatic carbocycles. The Kier molecular flexibility index (Phi) is 7.49. The fourth-order valence-corrected chi connectivity index (χ4v) is 7.40. The molecule has 206 valence electrons. The lowest BCUT2D eigenvalue weighted by molar-refractivity contribution is 0.210. The van der Waals surface area contributed by atoms with Crippen LogP contribution in [0.15, 0.2) is 41.3 Å². The molecule has 6 rings (SSSR count). The maximum absolute atomic E-state index is 11.9. The zero-order valence-electron chi connectivity index (χ0n) is 22.8. The summed E-state index contributed by atoms with van der Waals surface area (Å²) < 4.78 is 30.5. The quantitative estimate of drug-likeness (QED) is 0.322. The van der Waals surface area contributed by atoms with Crippen molar-refractivity contribution >= 4 is 42.6 Å². The molecule has 39 heavy (non-hydrogen) atoms. The molecule has 2 N–H and O–H groups in total. The molecule has 2 heterocycles. The summed E-state index contributed by atoms with van der Waals surface area (Å²) in [6.07, 6.45) is 10.1. The third kappa shape index (κ3) is 6.21. The highest BCUT2D eigenvalue weighted by Crippen LogP contribution is 2.42. The second-order valence-corrected chi connectivity index (χ2v) is 14.3. The van der Waals surface area contributed by atoms with Crippen LogP contribution in [0.5, 0.6) is 5.75 Å². The van der Waals surface area contributed by atoms with Gasteiger partial charge in [0.2, 0.25) is 0 Å². The highest BCUT2D eigenvalue weighted by atomic mass is 32.2. The van der Waals surface area contributed by atoms with Crippen molar-refractivity contribution in [2.75, 3.05) is 43.6 Å². The van der Waals surface area contributed by atoms with Crippen molar-refractivity contribution in [1.29, 1.82) is 0 Å². The van der Waals surface area contributed by atoms with Gasteiger partial charge >= 0.3 is 0 Å². The summed E-state index contributed by atoms with van der Waals surface area (Å²) in [4.78, 5) is 4.08. The first-order chi connectivity index (χ1) is 18.9. The number of hydrogen-bond donors (Lipinski definition) is 2. The van der Waals surface area contributed by atoms with Crippen molar-refractivity contribution in [3.05, 3.63) is 46.8 Å². The van der Waals surface area contributed by atoms with Crippen LogP contribution in [0.2, 0.25) is 0 Å². The fourth-order valence-electron chi connectivity index (χ4n) is 5.58. The van der Waals surface area contributed by atoms with Crippen LogP contribution in [0.25, 0.3) is 10.1 Å². The summed E-state index contributed by atoms with van der Waals surface area (Å²) in [5.41, 5.74) is 3.38. The molecule has 1 aromatic heterocycles. The van der Waals surface area contributed by atoms with Gasteiger partial charge in [0, 0.05) is 37.5 Å². The average molecular weight is 564 g/mol. The number of methoxy groups -OCH3 is 1. The molecule has 0 unspecified atom stereocenters. The minimum absolute atomic E-state index is 0.240. The first-order valence-corrected chi connectivity index (χ1v) is 16.8. The number of likely N-dealkylation sites (tertiary alicyclic amines) is 1. The summed E-state index contributed by atoms with van der Waals surface area (Å²) in [6.45, 7) is 2.86. The van der Waals surface area contributed by atoms with Crippen molar-refractivity contribution < 1.29 is 13.2 Å². The van der Waals surface area contributed by atoms with E-state index < -0.39 is 9.84 Å². The molecule has 0 spiro atoms. The van der Waals surface area contributed by atoms with Gasteiger partial charge in [-0.1, -0.05) is 24.0 Å². The Morgan fingerprint density at radius 1 is 1.05 bits per heavy atom. The van der Waals surface area contributed by atoms with Gasteiger partial charge in [-0.05, 0) is 80.0 Å². The molecule has 0 bridgehead atoms. The van der Waals surface area contributed by atoms with Gasteiger partial charge in [0.05, 0.1) is 39.5 Å². The van der Waals surface area contributed by atoms with Crippen LogP contribution in [0.1, 0.15) is 49.0 Å². The van der Waals surface area contributed by atoms with Gasteiger partial charge in [-0.3, -0.25) is 0 Å². The lowest BCUT2D eigenvalue weighted by Gasteiger charge is -2.33. The van der Waals surface area contributed by atoms with Crippen molar-refractivity contribution in [2.45, 2.75) is 61.9 Å². The van der Waals surface area contributed by atoms with Crippen molar-refractivity contribution in [1.82, 2.24) is 4.90 Å². The summed E-state index contributed by atoms with van der Waals surface area (Å²) in [5.74, 6) is 8.06. The Morgan fingerprint density at radius 3 is 2.54 bits per heavy atom. The molecule has 6 nitrogen and oxygen atoms in total. The standard InChI is InChI=1S/C31H37N3O3S2/c1-37-29-20-24(39(2,35)36)12-13-27(29)32-16-4-7-30-26(19-21-8-9-21)25-5-3-6-28(31(25)38-30)33-22-14-17-34(18-15-22)23-10-11-23/h3,5-6,12-13,20-23,32-33H,8-11,14-19H2,1-2H3. The third-order valence-electron chi connectivity index (χ3n) is 8.13. The number of sulfone groups is 1. The van der Waals surface area contributed by atoms with E-state index >= 15 is 0 Å². The van der Waals surface area contributed by atoms with Crippen LogP contribution in [0, 0.1) is 17.8 Å². The number of hydrogen-bond acceptors (Lipinski definition) is 7. The van der Waals surface area contributed by atoms with E-state index in [-0.39, 0.29) is 4.90 Å². The maximum atomic E-state index is 11.9. The summed E-state index contributed by atoms with van der Waals surface area (Å²) in [6, 6.07) is 13.0. The summed E-state index contributed by atoms with van der Waals surface area (Å²) >= 11 is 1.82. The topological polar surface area (TPSA) is 70.7 Å². The maximum Gasteiger partial charge on any atom is 0.175 e. The van der Waals surface area contributed by atoms with Gasteiger partial charge in [0.25, 0.3) is 0 Å². The van der Waals surface area contributed by atoms with Crippen molar-refractivity contribution in [2.24, 2.45) is 5.92 Å². The van der Waals surface area contributed by atoms with Crippen LogP contribution in [0.3, 0.4) is 0 Å². The number of fused-ring (bicyclic) bond motifs is 1. The Balaban J connectivity index is 1.19. The number of thiophene rings is 1. The van der Waals surface area contributed by atoms with Gasteiger partial charge in [-0.2, -0.15) is 0 Å². The van der Waals surface area contributed by atoms with Crippen LogP contribution >= 0.6 is 11.3 Å². The second-order valence-electron chi connectivity index (χ2n) is 11.2. The van der Waals surface area contributed by atoms with E-state index in [9.17, 15) is 8.42 Å². The number of piperidine rings is 1. The van der Waals surface area contributed by atoms with E-state index in [1.807, 2.05) is 11.3 Å². The SMILES string of the molecule is COc1cc(S(C)(=O)=O)ccc1NCC#Cc1sc2c(NC3CCN(C4CC4)CC3)cccc2c1CC1CC1. The Labute approximate surface area is 236 Å². The van der Waals surface area contributed by atoms with Crippen LogP contribution in [-0.4, -0.2) is 58.4 Å². The molecule has 1 saturated heterocycles. The molecule has 3 aliphatic rings. The van der Waals surface area contributed by atoms with Gasteiger partial charge in [-0.15, -0.1) is 11.3 Å². The number of ether oxygens (including phenoxy) is 1. The fraction of sp³-hybridized carbons (Fsp3) is 0.484. The van der Waals surface area contributed by atoms with Crippen LogP contribution < -0.4 is 15.4 Å². The first-order valence-electron chi connectivity index (χ1n) is 14.0. The van der Waals surface area contributed by atoms with Gasteiger partial charge < -0.3 is 20.3 Å². The van der Waals surface area contributed by atoms with Crippen molar-refractivity contribution in [3.8, 4) is 17.6 Å². The summed E-state index contributed by atoms with van der Waals surface area (Å²) in [7, 11) is -1.75. The molecule has 0 radical (unpaired) electrons. The average Bonchev–Trinajstić information content (AvgIpc) is 3.86. The Bertz CT molecular complexity index is 1520. The highest BCUT2D eigenvalue weighted by molar-refractivity contribution is 7.90. The monoisotopic (exact) mass is 563 g/mol. The van der Waals surface area contributed by atoms with Crippen molar-refractivity contribution in [3.63, 3.8) is 0 Å². The molecule has 1 aliphatic heterocycles. The smallest absolute Gasteiger partial charge is 0.175 e. The van der Waals surface area contributed by atoms with Gasteiger partial charge in [-0.25, -0.2) is 8.42 Å². The molecular formula is C31H37N3O3S2. The zero-order chi connectivity index (χ0) is 27.0. The molecule has 2 saturated carbocycles. The largest absolute Gasteiger partial charge is 0.495 e. The summed E-state index contributed by atoms with van der Waals surface area (Å²) in [5, 5.41) is 8.54. The minimum atomic E-state index is -3.29. The normalized spacial score (nSPS) is 18.5. The lowest BCUT2D eigenvalue weighted by Crippen LogP contribution is -2.40. The number of benzene rings is 2. The van der Waals surface area contributed by atoms with Gasteiger partial charge in [0.1, 0.15) is 5.75 Å². The molecule has 3 fully saturated rings. The third-order valence-corrected chi connectivity index (χ3v) is 10.4. The van der Waals surface area contributed by atoms with E-state index in [4.69, 9.17) is 4.74 Å². The van der Waals surface area contributed by atoms with Gasteiger partial charge in [0.15, 0.2) is 9.84 Å². The lowest BCUT2D eigenvalue weighted by atomic mass is 10.0. The Hall–Kier alpha value is -2.73. The highest BCUT2D eigenvalue weighted by Gasteiger charge is 2.32. The number of nitrogens with one attached hydrogen (secondary N) is 2. The molecule has 8 heteroatoms. The van der Waals surface area contributed by atoms with Crippen LogP contribution in [-0.2, 0) is 16.3 Å². The number of rotatable bonds is 9. The van der Waals surface area contributed by atoms with E-state index in [1.165, 1.54) is 79.2 Å². The molecule has 3 aromatic rings. The van der Waals surface area contributed by atoms with E-state index in [1.54, 1.807) is 25.3 Å². The van der Waals surface area contributed by atoms with E-state index in [0.717, 1.165) is 28.9 Å².